The molecule has 0 unspecified atom stereocenters. The molecule has 10 nitrogen and oxygen atoms in total. The van der Waals surface area contributed by atoms with Gasteiger partial charge in [-0.1, -0.05) is 23.7 Å². The minimum Gasteiger partial charge on any atom is -0.488 e. The summed E-state index contributed by atoms with van der Waals surface area (Å²) < 4.78 is 14.1. The molecule has 2 aromatic heterocycles. The van der Waals surface area contributed by atoms with Gasteiger partial charge >= 0.3 is 6.09 Å². The number of nitrogens with zero attached hydrogens (tertiary/aromatic N) is 6. The average molecular weight is 621 g/mol. The van der Waals surface area contributed by atoms with Crippen molar-refractivity contribution in [2.75, 3.05) is 32.7 Å². The zero-order valence-corrected chi connectivity index (χ0v) is 26.7. The summed E-state index contributed by atoms with van der Waals surface area (Å²) in [4.78, 5) is 43.0. The van der Waals surface area contributed by atoms with Crippen LogP contribution in [0.25, 0.3) is 0 Å². The van der Waals surface area contributed by atoms with Crippen molar-refractivity contribution < 1.29 is 19.1 Å². The molecule has 0 saturated carbocycles. The predicted molar refractivity (Wildman–Crippen MR) is 166 cm³/mol. The Morgan fingerprint density at radius 3 is 2.73 bits per heavy atom. The van der Waals surface area contributed by atoms with Crippen molar-refractivity contribution in [3.63, 3.8) is 0 Å². The third kappa shape index (κ3) is 6.56. The van der Waals surface area contributed by atoms with Crippen molar-refractivity contribution in [2.45, 2.75) is 71.4 Å². The van der Waals surface area contributed by atoms with Gasteiger partial charge < -0.3 is 18.9 Å². The number of fused-ring (bicyclic) bond motifs is 2. The van der Waals surface area contributed by atoms with Crippen molar-refractivity contribution in [2.24, 2.45) is 5.92 Å². The Morgan fingerprint density at radius 2 is 1.95 bits per heavy atom. The molecule has 0 aliphatic carbocycles. The summed E-state index contributed by atoms with van der Waals surface area (Å²) in [5, 5.41) is 0.592. The van der Waals surface area contributed by atoms with E-state index in [0.29, 0.717) is 56.0 Å². The smallest absolute Gasteiger partial charge is 0.411 e. The number of piperazine rings is 1. The Morgan fingerprint density at radius 1 is 1.11 bits per heavy atom. The molecule has 2 amide bonds. The first-order valence-corrected chi connectivity index (χ1v) is 15.8. The first-order valence-electron chi connectivity index (χ1n) is 15.4. The number of ether oxygens (including phenoxy) is 2. The van der Waals surface area contributed by atoms with Gasteiger partial charge in [0.15, 0.2) is 0 Å². The maximum absolute atomic E-state index is 14.4. The van der Waals surface area contributed by atoms with Crippen LogP contribution in [0.1, 0.15) is 62.2 Å². The van der Waals surface area contributed by atoms with Crippen LogP contribution in [0.3, 0.4) is 0 Å². The highest BCUT2D eigenvalue weighted by molar-refractivity contribution is 6.30. The maximum atomic E-state index is 14.4. The van der Waals surface area contributed by atoms with Gasteiger partial charge in [-0.25, -0.2) is 9.78 Å². The Labute approximate surface area is 263 Å². The summed E-state index contributed by atoms with van der Waals surface area (Å²) in [6, 6.07) is 8.64. The van der Waals surface area contributed by atoms with E-state index in [0.717, 1.165) is 41.9 Å². The Kier molecular flexibility index (Phi) is 8.57. The molecular formula is C33H41ClN6O4. The van der Waals surface area contributed by atoms with E-state index in [9.17, 15) is 9.59 Å². The summed E-state index contributed by atoms with van der Waals surface area (Å²) in [7, 11) is 0. The number of benzene rings is 1. The van der Waals surface area contributed by atoms with Crippen LogP contribution in [0.15, 0.2) is 49.1 Å². The van der Waals surface area contributed by atoms with Crippen LogP contribution in [0.4, 0.5) is 4.79 Å². The van der Waals surface area contributed by atoms with E-state index in [2.05, 4.69) is 14.5 Å². The molecule has 0 N–H and O–H groups in total. The minimum atomic E-state index is -0.708. The number of carbonyl (C=O) groups excluding carboxylic acids is 2. The number of amides is 2. The molecule has 0 spiro atoms. The molecule has 0 radical (unpaired) electrons. The molecule has 3 aliphatic heterocycles. The summed E-state index contributed by atoms with van der Waals surface area (Å²) in [5.74, 6) is 0.962. The van der Waals surface area contributed by atoms with Crippen molar-refractivity contribution in [3.05, 3.63) is 76.6 Å². The van der Waals surface area contributed by atoms with Crippen LogP contribution in [-0.2, 0) is 22.7 Å². The molecular weight excluding hydrogens is 580 g/mol. The molecule has 3 aromatic rings. The quantitative estimate of drug-likeness (QED) is 0.402. The molecule has 11 heteroatoms. The number of carbonyl (C=O) groups is 2. The highest BCUT2D eigenvalue weighted by atomic mass is 35.5. The van der Waals surface area contributed by atoms with Crippen LogP contribution in [0.2, 0.25) is 5.02 Å². The third-order valence-corrected chi connectivity index (χ3v) is 8.83. The zero-order valence-electron chi connectivity index (χ0n) is 25.9. The molecule has 2 fully saturated rings. The fraction of sp³-hybridized carbons (Fsp3) is 0.515. The van der Waals surface area contributed by atoms with Gasteiger partial charge in [0.25, 0.3) is 0 Å². The Bertz CT molecular complexity index is 1520. The van der Waals surface area contributed by atoms with Crippen LogP contribution in [0, 0.1) is 12.8 Å². The predicted octanol–water partition coefficient (Wildman–Crippen LogP) is 5.08. The molecule has 0 bridgehead atoms. The number of imidazole rings is 1. The van der Waals surface area contributed by atoms with Crippen molar-refractivity contribution in [1.82, 2.24) is 29.2 Å². The molecule has 6 rings (SSSR count). The lowest BCUT2D eigenvalue weighted by atomic mass is 9.95. The summed E-state index contributed by atoms with van der Waals surface area (Å²) in [6.07, 6.45) is 7.18. The van der Waals surface area contributed by atoms with Crippen molar-refractivity contribution in [1.29, 1.82) is 0 Å². The lowest BCUT2D eigenvalue weighted by Crippen LogP contribution is -2.63. The number of piperidine rings is 1. The number of pyridine rings is 1. The van der Waals surface area contributed by atoms with Crippen LogP contribution in [-0.4, -0.2) is 85.6 Å². The monoisotopic (exact) mass is 620 g/mol. The van der Waals surface area contributed by atoms with Gasteiger partial charge in [0.05, 0.1) is 23.8 Å². The summed E-state index contributed by atoms with van der Waals surface area (Å²) in [6.45, 7) is 11.2. The maximum Gasteiger partial charge on any atom is 0.411 e. The number of hydrogen-bond acceptors (Lipinski definition) is 7. The number of aromatic nitrogens is 3. The second-order valence-corrected chi connectivity index (χ2v) is 13.5. The van der Waals surface area contributed by atoms with Gasteiger partial charge in [0.1, 0.15) is 24.0 Å². The normalized spacial score (nSPS) is 22.4. The molecule has 3 atom stereocenters. The SMILES string of the molecule is Cc1cn(C[C@@H]2CCCN(C(=O)[C@H]3CN([C@H]4c5ccc(Cl)cc5OCc5cccnc54)CCN3C(=O)OC(C)(C)C)C2)cn1. The molecule has 3 aliphatic rings. The highest BCUT2D eigenvalue weighted by Gasteiger charge is 2.43. The van der Waals surface area contributed by atoms with E-state index in [1.165, 1.54) is 0 Å². The van der Waals surface area contributed by atoms with Crippen LogP contribution >= 0.6 is 11.6 Å². The summed E-state index contributed by atoms with van der Waals surface area (Å²) >= 11 is 6.37. The molecule has 5 heterocycles. The second kappa shape index (κ2) is 12.4. The number of halogens is 1. The van der Waals surface area contributed by atoms with Gasteiger partial charge in [0, 0.05) is 67.8 Å². The molecule has 44 heavy (non-hydrogen) atoms. The average Bonchev–Trinajstić information content (AvgIpc) is 3.32. The van der Waals surface area contributed by atoms with E-state index < -0.39 is 17.7 Å². The van der Waals surface area contributed by atoms with E-state index in [1.807, 2.05) is 75.5 Å². The third-order valence-electron chi connectivity index (χ3n) is 8.59. The highest BCUT2D eigenvalue weighted by Crippen LogP contribution is 2.41. The van der Waals surface area contributed by atoms with Gasteiger partial charge in [-0.2, -0.15) is 0 Å². The standard InChI is InChI=1S/C33H41ClN6O4/c1-22-16-37(21-36-22)17-23-7-6-12-39(18-23)31(41)27-19-38(13-14-40(27)32(42)44-33(2,3)4)30-26-10-9-25(34)15-28(26)43-20-24-8-5-11-35-29(24)30/h5,8-11,15-16,21,23,27,30H,6-7,12-14,17-20H2,1-4H3/t23-,27+,30-/m0/s1. The van der Waals surface area contributed by atoms with E-state index in [-0.39, 0.29) is 11.9 Å². The Balaban J connectivity index is 1.30. The second-order valence-electron chi connectivity index (χ2n) is 13.1. The topological polar surface area (TPSA) is 93.0 Å². The molecule has 2 saturated heterocycles. The number of rotatable bonds is 4. The fourth-order valence-corrected chi connectivity index (χ4v) is 6.80. The van der Waals surface area contributed by atoms with Gasteiger partial charge in [-0.05, 0) is 64.7 Å². The first kappa shape index (κ1) is 30.4. The lowest BCUT2D eigenvalue weighted by molar-refractivity contribution is -0.141. The number of hydrogen-bond donors (Lipinski definition) is 0. The summed E-state index contributed by atoms with van der Waals surface area (Å²) in [5.41, 5.74) is 3.11. The number of aryl methyl sites for hydroxylation is 1. The van der Waals surface area contributed by atoms with Gasteiger partial charge in [-0.3, -0.25) is 19.6 Å². The lowest BCUT2D eigenvalue weighted by Gasteiger charge is -2.45. The first-order chi connectivity index (χ1) is 21.1. The van der Waals surface area contributed by atoms with Crippen LogP contribution in [0.5, 0.6) is 5.75 Å². The van der Waals surface area contributed by atoms with Crippen molar-refractivity contribution in [3.8, 4) is 5.75 Å². The van der Waals surface area contributed by atoms with Crippen LogP contribution < -0.4 is 4.74 Å². The largest absolute Gasteiger partial charge is 0.488 e. The number of likely N-dealkylation sites (tertiary alicyclic amines) is 1. The van der Waals surface area contributed by atoms with E-state index >= 15 is 0 Å². The fourth-order valence-electron chi connectivity index (χ4n) is 6.63. The molecule has 234 valence electrons. The van der Waals surface area contributed by atoms with Crippen molar-refractivity contribution >= 4 is 23.6 Å². The Hall–Kier alpha value is -3.63. The van der Waals surface area contributed by atoms with E-state index in [4.69, 9.17) is 26.1 Å². The molecule has 1 aromatic carbocycles. The van der Waals surface area contributed by atoms with Gasteiger partial charge in [-0.15, -0.1) is 0 Å². The minimum absolute atomic E-state index is 0.0467. The van der Waals surface area contributed by atoms with E-state index in [1.54, 1.807) is 11.1 Å². The zero-order chi connectivity index (χ0) is 31.0. The van der Waals surface area contributed by atoms with Gasteiger partial charge in [0.2, 0.25) is 5.91 Å².